The van der Waals surface area contributed by atoms with Gasteiger partial charge in [-0.05, 0) is 50.2 Å². The monoisotopic (exact) mass is 392 g/mol. The minimum Gasteiger partial charge on any atom is -0.490 e. The van der Waals surface area contributed by atoms with Crippen molar-refractivity contribution in [3.05, 3.63) is 28.2 Å². The predicted octanol–water partition coefficient (Wildman–Crippen LogP) is 5.77. The largest absolute Gasteiger partial charge is 0.490 e. The first-order valence-electron chi connectivity index (χ1n) is 7.87. The van der Waals surface area contributed by atoms with E-state index in [9.17, 15) is 18.0 Å². The average molecular weight is 393 g/mol. The lowest BCUT2D eigenvalue weighted by Gasteiger charge is -2.30. The molecule has 1 saturated carbocycles. The lowest BCUT2D eigenvalue weighted by molar-refractivity contribution is -0.140. The summed E-state index contributed by atoms with van der Waals surface area (Å²) >= 11 is 2.96. The van der Waals surface area contributed by atoms with E-state index in [1.807, 2.05) is 0 Å². The molecule has 0 heterocycles. The van der Waals surface area contributed by atoms with Gasteiger partial charge in [-0.25, -0.2) is 0 Å². The van der Waals surface area contributed by atoms with Crippen LogP contribution in [0.5, 0.6) is 5.75 Å². The number of halogens is 4. The molecule has 0 aromatic heterocycles. The Morgan fingerprint density at radius 2 is 1.91 bits per heavy atom. The molecule has 1 aliphatic carbocycles. The molecule has 1 aromatic rings. The van der Waals surface area contributed by atoms with Crippen molar-refractivity contribution >= 4 is 22.2 Å². The average Bonchev–Trinajstić information content (AvgIpc) is 2.48. The molecule has 1 aliphatic rings. The van der Waals surface area contributed by atoms with Crippen LogP contribution in [0.3, 0.4) is 0 Å². The van der Waals surface area contributed by atoms with Crippen LogP contribution in [0.15, 0.2) is 22.7 Å². The number of alkyl halides is 3. The number of rotatable bonds is 6. The highest BCUT2D eigenvalue weighted by Crippen LogP contribution is 2.42. The van der Waals surface area contributed by atoms with Crippen LogP contribution in [-0.4, -0.2) is 12.4 Å². The van der Waals surface area contributed by atoms with Crippen LogP contribution in [0.2, 0.25) is 0 Å². The fraction of sp³-hybridized carbons (Fsp3) is 0.588. The van der Waals surface area contributed by atoms with Crippen molar-refractivity contribution in [3.8, 4) is 5.75 Å². The van der Waals surface area contributed by atoms with E-state index in [-0.39, 0.29) is 16.3 Å². The molecule has 0 aliphatic heterocycles. The Hall–Kier alpha value is -1.04. The third-order valence-electron chi connectivity index (χ3n) is 4.28. The first-order valence-corrected chi connectivity index (χ1v) is 8.67. The second-order valence-electron chi connectivity index (χ2n) is 5.97. The van der Waals surface area contributed by atoms with E-state index in [0.717, 1.165) is 44.8 Å². The number of aldehydes is 1. The van der Waals surface area contributed by atoms with Gasteiger partial charge < -0.3 is 9.53 Å². The highest BCUT2D eigenvalue weighted by atomic mass is 79.9. The Labute approximate surface area is 142 Å². The normalized spacial score (nSPS) is 21.9. The number of benzene rings is 1. The van der Waals surface area contributed by atoms with Crippen molar-refractivity contribution in [2.45, 2.75) is 57.2 Å². The number of carbonyl (C=O) groups is 1. The summed E-state index contributed by atoms with van der Waals surface area (Å²) in [4.78, 5) is 10.3. The molecule has 0 amide bonds. The Kier molecular flexibility index (Phi) is 6.50. The summed E-state index contributed by atoms with van der Waals surface area (Å²) in [5.41, 5.74) is -0.742. The lowest BCUT2D eigenvalue weighted by Crippen LogP contribution is -2.25. The van der Waals surface area contributed by atoms with E-state index in [1.165, 1.54) is 12.1 Å². The van der Waals surface area contributed by atoms with Gasteiger partial charge in [0.1, 0.15) is 17.6 Å². The van der Waals surface area contributed by atoms with Crippen LogP contribution in [0.4, 0.5) is 13.2 Å². The maximum atomic E-state index is 13.2. The highest BCUT2D eigenvalue weighted by molar-refractivity contribution is 9.10. The maximum Gasteiger partial charge on any atom is 0.421 e. The maximum absolute atomic E-state index is 13.2. The number of hydrogen-bond acceptors (Lipinski definition) is 2. The molecule has 2 nitrogen and oxygen atoms in total. The summed E-state index contributed by atoms with van der Waals surface area (Å²) in [5, 5.41) is 0. The molecule has 0 N–H and O–H groups in total. The van der Waals surface area contributed by atoms with Crippen LogP contribution >= 0.6 is 15.9 Å². The molecular weight excluding hydrogens is 373 g/mol. The fourth-order valence-electron chi connectivity index (χ4n) is 3.09. The molecule has 1 fully saturated rings. The molecule has 1 aromatic carbocycles. The molecule has 23 heavy (non-hydrogen) atoms. The van der Waals surface area contributed by atoms with Crippen molar-refractivity contribution in [3.63, 3.8) is 0 Å². The van der Waals surface area contributed by atoms with Gasteiger partial charge in [0.05, 0.1) is 6.10 Å². The summed E-state index contributed by atoms with van der Waals surface area (Å²) in [6, 6.07) is 4.31. The molecular formula is C17H20BrF3O2. The van der Waals surface area contributed by atoms with Gasteiger partial charge in [-0.2, -0.15) is 13.2 Å². The van der Waals surface area contributed by atoms with Crippen LogP contribution < -0.4 is 4.74 Å². The van der Waals surface area contributed by atoms with E-state index in [1.54, 1.807) is 6.07 Å². The first kappa shape index (κ1) is 18.3. The van der Waals surface area contributed by atoms with E-state index in [0.29, 0.717) is 12.3 Å². The SMILES string of the molecule is O=CCCCC1CCC(Oc2cccc(Br)c2C(F)(F)F)CC1. The number of carbonyl (C=O) groups excluding carboxylic acids is 1. The summed E-state index contributed by atoms with van der Waals surface area (Å²) < 4.78 is 45.1. The standard InChI is InChI=1S/C17H20BrF3O2/c18-14-5-3-6-15(16(14)17(19,20)21)23-13-9-7-12(8-10-13)4-1-2-11-22/h3,5-6,11-13H,1-2,4,7-10H2. The summed E-state index contributed by atoms with van der Waals surface area (Å²) in [6.07, 6.45) is 2.21. The van der Waals surface area contributed by atoms with Gasteiger partial charge in [0.15, 0.2) is 0 Å². The number of hydrogen-bond donors (Lipinski definition) is 0. The van der Waals surface area contributed by atoms with Crippen molar-refractivity contribution in [2.24, 2.45) is 5.92 Å². The van der Waals surface area contributed by atoms with Gasteiger partial charge in [-0.15, -0.1) is 0 Å². The van der Waals surface area contributed by atoms with Crippen LogP contribution in [0, 0.1) is 5.92 Å². The number of ether oxygens (including phenoxy) is 1. The zero-order chi connectivity index (χ0) is 16.9. The van der Waals surface area contributed by atoms with Crippen LogP contribution in [0.25, 0.3) is 0 Å². The van der Waals surface area contributed by atoms with E-state index in [2.05, 4.69) is 15.9 Å². The zero-order valence-electron chi connectivity index (χ0n) is 12.7. The summed E-state index contributed by atoms with van der Waals surface area (Å²) in [5.74, 6) is 0.454. The van der Waals surface area contributed by atoms with Gasteiger partial charge in [0, 0.05) is 10.9 Å². The minimum absolute atomic E-state index is 0.00467. The summed E-state index contributed by atoms with van der Waals surface area (Å²) in [7, 11) is 0. The molecule has 0 atom stereocenters. The fourth-order valence-corrected chi connectivity index (χ4v) is 3.66. The van der Waals surface area contributed by atoms with Gasteiger partial charge in [-0.1, -0.05) is 28.4 Å². The molecule has 2 rings (SSSR count). The Bertz CT molecular complexity index is 523. The quantitative estimate of drug-likeness (QED) is 0.453. The Balaban J connectivity index is 1.94. The third kappa shape index (κ3) is 5.23. The molecule has 0 radical (unpaired) electrons. The van der Waals surface area contributed by atoms with E-state index < -0.39 is 11.7 Å². The van der Waals surface area contributed by atoms with Crippen molar-refractivity contribution in [1.82, 2.24) is 0 Å². The second kappa shape index (κ2) is 8.18. The topological polar surface area (TPSA) is 26.3 Å². The summed E-state index contributed by atoms with van der Waals surface area (Å²) in [6.45, 7) is 0. The lowest BCUT2D eigenvalue weighted by atomic mass is 9.84. The second-order valence-corrected chi connectivity index (χ2v) is 6.82. The highest BCUT2D eigenvalue weighted by Gasteiger charge is 2.37. The number of unbranched alkanes of at least 4 members (excludes halogenated alkanes) is 1. The molecule has 0 spiro atoms. The first-order chi connectivity index (χ1) is 10.9. The van der Waals surface area contributed by atoms with Gasteiger partial charge in [-0.3, -0.25) is 0 Å². The smallest absolute Gasteiger partial charge is 0.421 e. The van der Waals surface area contributed by atoms with Crippen LogP contribution in [0.1, 0.15) is 50.5 Å². The van der Waals surface area contributed by atoms with Crippen molar-refractivity contribution < 1.29 is 22.7 Å². The third-order valence-corrected chi connectivity index (χ3v) is 4.94. The van der Waals surface area contributed by atoms with Crippen LogP contribution in [-0.2, 0) is 11.0 Å². The molecule has 0 saturated heterocycles. The van der Waals surface area contributed by atoms with Gasteiger partial charge in [0.25, 0.3) is 0 Å². The van der Waals surface area contributed by atoms with Gasteiger partial charge >= 0.3 is 6.18 Å². The van der Waals surface area contributed by atoms with Crippen molar-refractivity contribution in [1.29, 1.82) is 0 Å². The van der Waals surface area contributed by atoms with Gasteiger partial charge in [0.2, 0.25) is 0 Å². The Morgan fingerprint density at radius 3 is 2.52 bits per heavy atom. The molecule has 0 unspecified atom stereocenters. The molecule has 6 heteroatoms. The van der Waals surface area contributed by atoms with Crippen molar-refractivity contribution in [2.75, 3.05) is 0 Å². The zero-order valence-corrected chi connectivity index (χ0v) is 14.3. The predicted molar refractivity (Wildman–Crippen MR) is 85.4 cm³/mol. The van der Waals surface area contributed by atoms with E-state index in [4.69, 9.17) is 4.74 Å². The minimum atomic E-state index is -4.44. The van der Waals surface area contributed by atoms with E-state index >= 15 is 0 Å². The molecule has 128 valence electrons. The molecule has 0 bridgehead atoms. The Morgan fingerprint density at radius 1 is 1.22 bits per heavy atom.